The fourth-order valence-electron chi connectivity index (χ4n) is 1.82. The van der Waals surface area contributed by atoms with Crippen molar-refractivity contribution in [3.63, 3.8) is 0 Å². The second-order valence-corrected chi connectivity index (χ2v) is 4.63. The molecule has 3 rings (SSSR count). The number of benzene rings is 3. The van der Waals surface area contributed by atoms with E-state index in [-0.39, 0.29) is 5.78 Å². The highest BCUT2D eigenvalue weighted by atomic mass is 16.1. The molecule has 0 unspecified atom stereocenters. The Morgan fingerprint density at radius 1 is 0.591 bits per heavy atom. The third-order valence-corrected chi connectivity index (χ3v) is 2.95. The quantitative estimate of drug-likeness (QED) is 0.473. The molecule has 1 heteroatoms. The Morgan fingerprint density at radius 3 is 1.50 bits per heavy atom. The molecule has 3 aromatic rings. The van der Waals surface area contributed by atoms with Gasteiger partial charge in [0.25, 0.3) is 0 Å². The largest absolute Gasteiger partial charge is 0.289 e. The molecule has 0 N–H and O–H groups in total. The summed E-state index contributed by atoms with van der Waals surface area (Å²) in [5.41, 5.74) is 1.75. The van der Waals surface area contributed by atoms with E-state index in [1.54, 1.807) is 6.08 Å². The second-order valence-electron chi connectivity index (χ2n) is 4.63. The molecule has 0 bridgehead atoms. The van der Waals surface area contributed by atoms with Crippen LogP contribution in [0.2, 0.25) is 0 Å². The molecule has 0 saturated heterocycles. The number of allylic oxidation sites excluding steroid dienone is 1. The van der Waals surface area contributed by atoms with E-state index >= 15 is 0 Å². The van der Waals surface area contributed by atoms with E-state index in [4.69, 9.17) is 0 Å². The van der Waals surface area contributed by atoms with Crippen LogP contribution in [0.15, 0.2) is 103 Å². The van der Waals surface area contributed by atoms with Gasteiger partial charge >= 0.3 is 0 Å². The lowest BCUT2D eigenvalue weighted by Crippen LogP contribution is -1.92. The summed E-state index contributed by atoms with van der Waals surface area (Å²) in [5, 5.41) is 0. The average Bonchev–Trinajstić information content (AvgIpc) is 2.63. The molecule has 0 fully saturated rings. The molecule has 22 heavy (non-hydrogen) atoms. The first-order chi connectivity index (χ1) is 10.9. The zero-order valence-electron chi connectivity index (χ0n) is 12.3. The molecule has 0 amide bonds. The minimum Gasteiger partial charge on any atom is -0.289 e. The van der Waals surface area contributed by atoms with Crippen LogP contribution in [0.3, 0.4) is 0 Å². The van der Waals surface area contributed by atoms with Gasteiger partial charge in [-0.05, 0) is 11.6 Å². The van der Waals surface area contributed by atoms with E-state index in [0.717, 1.165) is 11.1 Å². The maximum atomic E-state index is 11.7. The van der Waals surface area contributed by atoms with Gasteiger partial charge in [-0.1, -0.05) is 103 Å². The van der Waals surface area contributed by atoms with Crippen molar-refractivity contribution in [3.8, 4) is 0 Å². The van der Waals surface area contributed by atoms with E-state index in [9.17, 15) is 4.79 Å². The molecule has 0 aromatic heterocycles. The summed E-state index contributed by atoms with van der Waals surface area (Å²) in [6.45, 7) is 0. The van der Waals surface area contributed by atoms with Crippen LogP contribution < -0.4 is 0 Å². The first-order valence-electron chi connectivity index (χ1n) is 7.19. The van der Waals surface area contributed by atoms with Crippen molar-refractivity contribution in [2.45, 2.75) is 0 Å². The molecule has 0 atom stereocenters. The van der Waals surface area contributed by atoms with Crippen LogP contribution in [-0.4, -0.2) is 5.78 Å². The lowest BCUT2D eigenvalue weighted by Gasteiger charge is -1.94. The zero-order valence-corrected chi connectivity index (χ0v) is 12.3. The standard InChI is InChI=1S/C15H12O.C6H6/c16-15(14-9-5-2-6-10-14)12-11-13-7-3-1-4-8-13;1-2-4-6-5-3-1/h1-12H;1-6H. The van der Waals surface area contributed by atoms with E-state index < -0.39 is 0 Å². The minimum atomic E-state index is 0.0319. The molecule has 0 aliphatic heterocycles. The number of hydrogen-bond donors (Lipinski definition) is 0. The molecule has 0 aliphatic rings. The van der Waals surface area contributed by atoms with Gasteiger partial charge in [-0.3, -0.25) is 4.79 Å². The fraction of sp³-hybridized carbons (Fsp3) is 0. The Bertz CT molecular complexity index is 659. The fourth-order valence-corrected chi connectivity index (χ4v) is 1.82. The van der Waals surface area contributed by atoms with Crippen LogP contribution in [0, 0.1) is 0 Å². The predicted octanol–water partition coefficient (Wildman–Crippen LogP) is 5.27. The number of carbonyl (C=O) groups is 1. The van der Waals surface area contributed by atoms with Crippen molar-refractivity contribution in [1.29, 1.82) is 0 Å². The first-order valence-corrected chi connectivity index (χ1v) is 7.19. The van der Waals surface area contributed by atoms with Gasteiger partial charge in [0.2, 0.25) is 0 Å². The van der Waals surface area contributed by atoms with Crippen molar-refractivity contribution in [2.75, 3.05) is 0 Å². The van der Waals surface area contributed by atoms with Gasteiger partial charge in [0, 0.05) is 5.56 Å². The summed E-state index contributed by atoms with van der Waals surface area (Å²) in [6.07, 6.45) is 3.43. The van der Waals surface area contributed by atoms with E-state index in [1.807, 2.05) is 103 Å². The molecule has 1 nitrogen and oxygen atoms in total. The van der Waals surface area contributed by atoms with Gasteiger partial charge in [-0.2, -0.15) is 0 Å². The van der Waals surface area contributed by atoms with Crippen molar-refractivity contribution in [1.82, 2.24) is 0 Å². The molecule has 0 spiro atoms. The SMILES string of the molecule is O=C(C=Cc1ccccc1)c1ccccc1.c1ccccc1. The lowest BCUT2D eigenvalue weighted by molar-refractivity contribution is 0.104. The van der Waals surface area contributed by atoms with Crippen LogP contribution in [0.1, 0.15) is 15.9 Å². The molecule has 0 aliphatic carbocycles. The second kappa shape index (κ2) is 9.09. The number of hydrogen-bond acceptors (Lipinski definition) is 1. The van der Waals surface area contributed by atoms with Crippen molar-refractivity contribution < 1.29 is 4.79 Å². The summed E-state index contributed by atoms with van der Waals surface area (Å²) in [7, 11) is 0. The molecular weight excluding hydrogens is 268 g/mol. The molecule has 0 heterocycles. The highest BCUT2D eigenvalue weighted by Crippen LogP contribution is 2.05. The molecular formula is C21H18O. The smallest absolute Gasteiger partial charge is 0.185 e. The number of ketones is 1. The Balaban J connectivity index is 0.000000246. The van der Waals surface area contributed by atoms with Crippen LogP contribution >= 0.6 is 0 Å². The van der Waals surface area contributed by atoms with Gasteiger partial charge in [0.1, 0.15) is 0 Å². The van der Waals surface area contributed by atoms with Crippen LogP contribution in [0.4, 0.5) is 0 Å². The Hall–Kier alpha value is -2.93. The van der Waals surface area contributed by atoms with Gasteiger partial charge in [-0.25, -0.2) is 0 Å². The molecule has 108 valence electrons. The highest BCUT2D eigenvalue weighted by molar-refractivity contribution is 6.06. The monoisotopic (exact) mass is 286 g/mol. The molecule has 0 radical (unpaired) electrons. The molecule has 3 aromatic carbocycles. The third-order valence-electron chi connectivity index (χ3n) is 2.95. The number of carbonyl (C=O) groups excluding carboxylic acids is 1. The summed E-state index contributed by atoms with van der Waals surface area (Å²) >= 11 is 0. The summed E-state index contributed by atoms with van der Waals surface area (Å²) in [6, 6.07) is 31.1. The lowest BCUT2D eigenvalue weighted by atomic mass is 10.1. The topological polar surface area (TPSA) is 17.1 Å². The highest BCUT2D eigenvalue weighted by Gasteiger charge is 1.98. The van der Waals surface area contributed by atoms with Crippen molar-refractivity contribution >= 4 is 11.9 Å². The normalized spacial score (nSPS) is 9.82. The van der Waals surface area contributed by atoms with E-state index in [1.165, 1.54) is 0 Å². The van der Waals surface area contributed by atoms with Crippen molar-refractivity contribution in [2.24, 2.45) is 0 Å². The van der Waals surface area contributed by atoms with Crippen LogP contribution in [0.25, 0.3) is 6.08 Å². The predicted molar refractivity (Wildman–Crippen MR) is 92.7 cm³/mol. The summed E-state index contributed by atoms with van der Waals surface area (Å²) in [5.74, 6) is 0.0319. The minimum absolute atomic E-state index is 0.0319. The van der Waals surface area contributed by atoms with Gasteiger partial charge in [-0.15, -0.1) is 0 Å². The maximum Gasteiger partial charge on any atom is 0.185 e. The summed E-state index contributed by atoms with van der Waals surface area (Å²) in [4.78, 5) is 11.7. The van der Waals surface area contributed by atoms with Gasteiger partial charge in [0.05, 0.1) is 0 Å². The molecule has 0 saturated carbocycles. The Morgan fingerprint density at radius 2 is 1.00 bits per heavy atom. The maximum absolute atomic E-state index is 11.7. The number of rotatable bonds is 3. The Kier molecular flexibility index (Phi) is 6.39. The van der Waals surface area contributed by atoms with E-state index in [2.05, 4.69) is 0 Å². The van der Waals surface area contributed by atoms with Gasteiger partial charge in [0.15, 0.2) is 5.78 Å². The zero-order chi connectivity index (χ0) is 15.5. The first kappa shape index (κ1) is 15.5. The van der Waals surface area contributed by atoms with Crippen molar-refractivity contribution in [3.05, 3.63) is 114 Å². The van der Waals surface area contributed by atoms with E-state index in [0.29, 0.717) is 0 Å². The average molecular weight is 286 g/mol. The van der Waals surface area contributed by atoms with Crippen LogP contribution in [-0.2, 0) is 0 Å². The van der Waals surface area contributed by atoms with Gasteiger partial charge < -0.3 is 0 Å². The summed E-state index contributed by atoms with van der Waals surface area (Å²) < 4.78 is 0. The van der Waals surface area contributed by atoms with Crippen LogP contribution in [0.5, 0.6) is 0 Å². The third kappa shape index (κ3) is 5.59. The Labute approximate surface area is 131 Å².